The number of anilines is 2. The monoisotopic (exact) mass is 504 g/mol. The average Bonchev–Trinajstić information content (AvgIpc) is 3.20. The molecule has 36 heavy (non-hydrogen) atoms. The van der Waals surface area contributed by atoms with Gasteiger partial charge in [-0.05, 0) is 67.3 Å². The zero-order chi connectivity index (χ0) is 26.0. The molecule has 0 aliphatic heterocycles. The Labute approximate surface area is 216 Å². The Hall–Kier alpha value is -3.45. The number of hydrogen-bond acceptors (Lipinski definition) is 5. The second-order valence-electron chi connectivity index (χ2n) is 10.3. The summed E-state index contributed by atoms with van der Waals surface area (Å²) in [7, 11) is 1.31. The van der Waals surface area contributed by atoms with Crippen molar-refractivity contribution in [1.29, 1.82) is 0 Å². The van der Waals surface area contributed by atoms with E-state index in [4.69, 9.17) is 4.74 Å². The molecule has 0 bridgehead atoms. The highest BCUT2D eigenvalue weighted by Gasteiger charge is 2.34. The fraction of sp³-hybridized carbons (Fsp3) is 0.345. The van der Waals surface area contributed by atoms with E-state index in [-0.39, 0.29) is 22.8 Å². The smallest absolute Gasteiger partial charge is 0.339 e. The lowest BCUT2D eigenvalue weighted by molar-refractivity contribution is 0.0601. The third kappa shape index (κ3) is 5.36. The minimum absolute atomic E-state index is 0.147. The fourth-order valence-electron chi connectivity index (χ4n) is 4.68. The minimum Gasteiger partial charge on any atom is -0.465 e. The molecule has 1 atom stereocenters. The van der Waals surface area contributed by atoms with Crippen molar-refractivity contribution in [1.82, 2.24) is 0 Å². The van der Waals surface area contributed by atoms with E-state index in [1.54, 1.807) is 30.3 Å². The molecule has 2 aromatic carbocycles. The largest absolute Gasteiger partial charge is 0.465 e. The Morgan fingerprint density at radius 3 is 2.44 bits per heavy atom. The van der Waals surface area contributed by atoms with E-state index in [0.29, 0.717) is 27.7 Å². The molecule has 2 N–H and O–H groups in total. The van der Waals surface area contributed by atoms with Crippen LogP contribution >= 0.6 is 11.3 Å². The van der Waals surface area contributed by atoms with Crippen LogP contribution in [0.4, 0.5) is 10.7 Å². The second kappa shape index (κ2) is 10.3. The maximum Gasteiger partial charge on any atom is 0.339 e. The van der Waals surface area contributed by atoms with Gasteiger partial charge in [0.1, 0.15) is 5.00 Å². The predicted octanol–water partition coefficient (Wildman–Crippen LogP) is 6.50. The Morgan fingerprint density at radius 2 is 1.75 bits per heavy atom. The number of esters is 1. The Kier molecular flexibility index (Phi) is 7.31. The number of thiophene rings is 1. The van der Waals surface area contributed by atoms with Crippen molar-refractivity contribution >= 4 is 39.8 Å². The summed E-state index contributed by atoms with van der Waals surface area (Å²) in [6, 6.07) is 14.1. The van der Waals surface area contributed by atoms with Gasteiger partial charge in [0.25, 0.3) is 11.8 Å². The summed E-state index contributed by atoms with van der Waals surface area (Å²) in [5.74, 6) is -0.648. The Balaban J connectivity index is 1.71. The first-order valence-electron chi connectivity index (χ1n) is 12.1. The summed E-state index contributed by atoms with van der Waals surface area (Å²) in [5.41, 5.74) is 3.77. The maximum absolute atomic E-state index is 13.7. The number of ether oxygens (including phenoxy) is 1. The molecule has 0 fully saturated rings. The number of carbonyl (C=O) groups is 3. The highest BCUT2D eigenvalue weighted by atomic mass is 32.1. The predicted molar refractivity (Wildman–Crippen MR) is 144 cm³/mol. The normalized spacial score (nSPS) is 15.1. The molecule has 3 aromatic rings. The van der Waals surface area contributed by atoms with Crippen LogP contribution in [0, 0.1) is 18.3 Å². The molecular weight excluding hydrogens is 472 g/mol. The van der Waals surface area contributed by atoms with Crippen molar-refractivity contribution in [2.24, 2.45) is 11.3 Å². The molecule has 6 nitrogen and oxygen atoms in total. The number of hydrogen-bond donors (Lipinski definition) is 2. The summed E-state index contributed by atoms with van der Waals surface area (Å²) >= 11 is 1.48. The Morgan fingerprint density at radius 1 is 1.00 bits per heavy atom. The first-order chi connectivity index (χ1) is 17.1. The van der Waals surface area contributed by atoms with E-state index in [1.165, 1.54) is 18.4 Å². The molecule has 0 saturated heterocycles. The zero-order valence-electron chi connectivity index (χ0n) is 21.4. The number of carbonyl (C=O) groups excluding carboxylic acids is 3. The van der Waals surface area contributed by atoms with Gasteiger partial charge in [0.15, 0.2) is 0 Å². The van der Waals surface area contributed by atoms with Crippen molar-refractivity contribution in [2.45, 2.75) is 47.0 Å². The van der Waals surface area contributed by atoms with Gasteiger partial charge in [-0.15, -0.1) is 11.3 Å². The number of fused-ring (bicyclic) bond motifs is 1. The van der Waals surface area contributed by atoms with Crippen LogP contribution in [0.2, 0.25) is 0 Å². The molecule has 0 radical (unpaired) electrons. The van der Waals surface area contributed by atoms with Crippen molar-refractivity contribution in [3.8, 4) is 0 Å². The van der Waals surface area contributed by atoms with Crippen LogP contribution < -0.4 is 10.6 Å². The third-order valence-corrected chi connectivity index (χ3v) is 7.97. The van der Waals surface area contributed by atoms with E-state index < -0.39 is 5.97 Å². The highest BCUT2D eigenvalue weighted by Crippen LogP contribution is 2.44. The van der Waals surface area contributed by atoms with E-state index in [0.717, 1.165) is 35.3 Å². The number of para-hydroxylation sites is 1. The molecule has 4 rings (SSSR count). The van der Waals surface area contributed by atoms with Gasteiger partial charge < -0.3 is 15.4 Å². The molecule has 1 heterocycles. The first kappa shape index (κ1) is 25.6. The number of rotatable bonds is 5. The number of benzene rings is 2. The summed E-state index contributed by atoms with van der Waals surface area (Å²) in [4.78, 5) is 40.2. The van der Waals surface area contributed by atoms with Crippen LogP contribution in [0.3, 0.4) is 0 Å². The van der Waals surface area contributed by atoms with Crippen molar-refractivity contribution in [3.63, 3.8) is 0 Å². The summed E-state index contributed by atoms with van der Waals surface area (Å²) in [6.07, 6.45) is 2.59. The second-order valence-corrected chi connectivity index (χ2v) is 11.4. The molecule has 0 saturated carbocycles. The van der Waals surface area contributed by atoms with E-state index in [1.807, 2.05) is 25.1 Å². The highest BCUT2D eigenvalue weighted by molar-refractivity contribution is 7.17. The number of amides is 2. The average molecular weight is 505 g/mol. The summed E-state index contributed by atoms with van der Waals surface area (Å²) < 4.78 is 4.87. The van der Waals surface area contributed by atoms with Gasteiger partial charge in [-0.25, -0.2) is 4.79 Å². The summed E-state index contributed by atoms with van der Waals surface area (Å²) in [6.45, 7) is 8.67. The van der Waals surface area contributed by atoms with Crippen molar-refractivity contribution in [2.75, 3.05) is 17.7 Å². The molecule has 1 aromatic heterocycles. The fourth-order valence-corrected chi connectivity index (χ4v) is 6.00. The van der Waals surface area contributed by atoms with Gasteiger partial charge in [-0.1, -0.05) is 50.6 Å². The van der Waals surface area contributed by atoms with E-state index >= 15 is 0 Å². The van der Waals surface area contributed by atoms with Gasteiger partial charge in [0.2, 0.25) is 0 Å². The van der Waals surface area contributed by atoms with Crippen molar-refractivity contribution < 1.29 is 19.1 Å². The zero-order valence-corrected chi connectivity index (χ0v) is 22.2. The van der Waals surface area contributed by atoms with Crippen LogP contribution in [-0.2, 0) is 17.6 Å². The maximum atomic E-state index is 13.7. The quantitative estimate of drug-likeness (QED) is 0.389. The van der Waals surface area contributed by atoms with Gasteiger partial charge in [0, 0.05) is 10.4 Å². The first-order valence-corrected chi connectivity index (χ1v) is 12.9. The standard InChI is InChI=1S/C29H32N2O4S/c1-17-9-8-10-18(15-17)25(32)31-27-24(21-14-13-19(29(2,3)4)16-23(21)36-27)26(33)30-22-12-7-6-11-20(22)28(34)35-5/h6-12,15,19H,13-14,16H2,1-5H3,(H,30,33)(H,31,32). The van der Waals surface area contributed by atoms with Crippen LogP contribution in [0.1, 0.15) is 74.3 Å². The molecule has 0 spiro atoms. The van der Waals surface area contributed by atoms with E-state index in [9.17, 15) is 14.4 Å². The van der Waals surface area contributed by atoms with E-state index in [2.05, 4.69) is 31.4 Å². The number of methoxy groups -OCH3 is 1. The van der Waals surface area contributed by atoms with Crippen LogP contribution in [0.25, 0.3) is 0 Å². The van der Waals surface area contributed by atoms with Crippen LogP contribution in [0.15, 0.2) is 48.5 Å². The van der Waals surface area contributed by atoms with Gasteiger partial charge in [-0.3, -0.25) is 9.59 Å². The molecule has 1 aliphatic rings. The molecular formula is C29H32N2O4S. The molecule has 1 unspecified atom stereocenters. The lowest BCUT2D eigenvalue weighted by Gasteiger charge is -2.33. The third-order valence-electron chi connectivity index (χ3n) is 6.80. The lowest BCUT2D eigenvalue weighted by Crippen LogP contribution is -2.27. The SMILES string of the molecule is COC(=O)c1ccccc1NC(=O)c1c(NC(=O)c2cccc(C)c2)sc2c1CCC(C(C)(C)C)C2. The molecule has 188 valence electrons. The molecule has 2 amide bonds. The Bertz CT molecular complexity index is 1320. The summed E-state index contributed by atoms with van der Waals surface area (Å²) in [5, 5.41) is 6.44. The van der Waals surface area contributed by atoms with Crippen molar-refractivity contribution in [3.05, 3.63) is 81.2 Å². The van der Waals surface area contributed by atoms with Crippen LogP contribution in [-0.4, -0.2) is 24.9 Å². The molecule has 7 heteroatoms. The topological polar surface area (TPSA) is 84.5 Å². The van der Waals surface area contributed by atoms with Gasteiger partial charge >= 0.3 is 5.97 Å². The lowest BCUT2D eigenvalue weighted by atomic mass is 9.72. The molecule has 1 aliphatic carbocycles. The van der Waals surface area contributed by atoms with Crippen LogP contribution in [0.5, 0.6) is 0 Å². The van der Waals surface area contributed by atoms with Gasteiger partial charge in [0.05, 0.1) is 23.9 Å². The van der Waals surface area contributed by atoms with Gasteiger partial charge in [-0.2, -0.15) is 0 Å². The minimum atomic E-state index is -0.528. The number of nitrogens with one attached hydrogen (secondary N) is 2. The number of aryl methyl sites for hydroxylation is 1.